The predicted molar refractivity (Wildman–Crippen MR) is 117 cm³/mol. The molecule has 1 atom stereocenters. The molecule has 4 aromatic rings. The van der Waals surface area contributed by atoms with Crippen molar-refractivity contribution in [1.29, 1.82) is 0 Å². The Bertz CT molecular complexity index is 1190. The summed E-state index contributed by atoms with van der Waals surface area (Å²) in [5, 5.41) is 14.2. The first-order valence-electron chi connectivity index (χ1n) is 8.91. The Morgan fingerprint density at radius 2 is 1.55 bits per heavy atom. The Morgan fingerprint density at radius 3 is 2.24 bits per heavy atom. The number of benzene rings is 3. The molecule has 0 aliphatic carbocycles. The largest absolute Gasteiger partial charge is 0.493 e. The maximum absolute atomic E-state index is 12.7. The van der Waals surface area contributed by atoms with Crippen LogP contribution in [0.3, 0.4) is 0 Å². The molecular weight excluding hydrogens is 406 g/mol. The first-order valence-corrected chi connectivity index (χ1v) is 10.1. The number of hydrogen-bond acceptors (Lipinski definition) is 4. The fourth-order valence-electron chi connectivity index (χ4n) is 3.14. The number of aromatic amines is 1. The summed E-state index contributed by atoms with van der Waals surface area (Å²) in [5.74, 6) is -0.148. The monoisotopic (exact) mass is 423 g/mol. The van der Waals surface area contributed by atoms with Crippen molar-refractivity contribution in [3.05, 3.63) is 105 Å². The number of nitrogens with one attached hydrogen (secondary N) is 1. The Balaban J connectivity index is 1.83. The van der Waals surface area contributed by atoms with Gasteiger partial charge >= 0.3 is 0 Å². The fraction of sp³-hybridized carbons (Fsp3) is 0.0455. The third-order valence-electron chi connectivity index (χ3n) is 4.53. The van der Waals surface area contributed by atoms with Crippen LogP contribution in [0.4, 0.5) is 5.69 Å². The van der Waals surface area contributed by atoms with E-state index in [4.69, 9.17) is 17.3 Å². The highest BCUT2D eigenvalue weighted by atomic mass is 35.5. The summed E-state index contributed by atoms with van der Waals surface area (Å²) in [4.78, 5) is 13.6. The van der Waals surface area contributed by atoms with Gasteiger partial charge in [0.05, 0.1) is 5.02 Å². The quantitative estimate of drug-likeness (QED) is 0.398. The van der Waals surface area contributed by atoms with Gasteiger partial charge in [-0.3, -0.25) is 9.89 Å². The van der Waals surface area contributed by atoms with Crippen LogP contribution in [0.1, 0.15) is 17.2 Å². The van der Waals surface area contributed by atoms with Gasteiger partial charge in [0.2, 0.25) is 5.88 Å². The molecule has 0 bridgehead atoms. The van der Waals surface area contributed by atoms with Gasteiger partial charge in [0.25, 0.3) is 5.56 Å². The summed E-state index contributed by atoms with van der Waals surface area (Å²) in [7, 11) is 0. The first kappa shape index (κ1) is 19.2. The molecule has 0 spiro atoms. The highest BCUT2D eigenvalue weighted by Crippen LogP contribution is 2.38. The van der Waals surface area contributed by atoms with E-state index >= 15 is 0 Å². The number of aromatic hydroxyl groups is 1. The number of nitrogens with two attached hydrogens (primary N) is 1. The topological polar surface area (TPSA) is 84.0 Å². The number of nitrogen functional groups attached to an aromatic ring is 1. The lowest BCUT2D eigenvalue weighted by molar-refractivity contribution is 0.384. The van der Waals surface area contributed by atoms with Crippen LogP contribution in [0.15, 0.2) is 93.4 Å². The van der Waals surface area contributed by atoms with Crippen molar-refractivity contribution >= 4 is 29.1 Å². The molecule has 4 rings (SSSR count). The standard InChI is InChI=1S/C22H18ClN3O2S/c23-17-8-4-5-9-18(17)29-20-21(27)25-26(22(20)28)19(14-6-2-1-3-7-14)15-10-12-16(24)13-11-15/h1-13,19,28H,24H2,(H,25,27). The van der Waals surface area contributed by atoms with E-state index in [1.54, 1.807) is 24.3 Å². The van der Waals surface area contributed by atoms with Gasteiger partial charge in [-0.05, 0) is 35.4 Å². The van der Waals surface area contributed by atoms with Gasteiger partial charge in [-0.15, -0.1) is 0 Å². The van der Waals surface area contributed by atoms with Gasteiger partial charge in [-0.25, -0.2) is 4.68 Å². The van der Waals surface area contributed by atoms with E-state index < -0.39 is 6.04 Å². The maximum atomic E-state index is 12.7. The van der Waals surface area contributed by atoms with Crippen molar-refractivity contribution in [3.8, 4) is 5.88 Å². The van der Waals surface area contributed by atoms with E-state index in [2.05, 4.69) is 5.10 Å². The molecule has 0 aliphatic rings. The summed E-state index contributed by atoms with van der Waals surface area (Å²) < 4.78 is 1.47. The molecule has 3 aromatic carbocycles. The second kappa shape index (κ2) is 8.11. The van der Waals surface area contributed by atoms with Gasteiger partial charge in [-0.2, -0.15) is 0 Å². The molecule has 0 radical (unpaired) electrons. The van der Waals surface area contributed by atoms with Crippen molar-refractivity contribution in [2.24, 2.45) is 0 Å². The summed E-state index contributed by atoms with van der Waals surface area (Å²) in [6.45, 7) is 0. The molecule has 0 fully saturated rings. The first-order chi connectivity index (χ1) is 14.0. The fourth-order valence-corrected chi connectivity index (χ4v) is 4.26. The molecule has 0 saturated carbocycles. The van der Waals surface area contributed by atoms with Crippen molar-refractivity contribution in [2.75, 3.05) is 5.73 Å². The zero-order chi connectivity index (χ0) is 20.4. The molecular formula is C22H18ClN3O2S. The van der Waals surface area contributed by atoms with Crippen LogP contribution >= 0.6 is 23.4 Å². The second-order valence-electron chi connectivity index (χ2n) is 6.48. The van der Waals surface area contributed by atoms with E-state index in [-0.39, 0.29) is 16.3 Å². The molecule has 5 nitrogen and oxygen atoms in total. The molecule has 1 unspecified atom stereocenters. The number of hydrogen-bond donors (Lipinski definition) is 3. The zero-order valence-electron chi connectivity index (χ0n) is 15.2. The Labute approximate surface area is 176 Å². The molecule has 1 aromatic heterocycles. The smallest absolute Gasteiger partial charge is 0.282 e. The van der Waals surface area contributed by atoms with Gasteiger partial charge in [0, 0.05) is 10.6 Å². The van der Waals surface area contributed by atoms with Crippen LogP contribution in [0.5, 0.6) is 5.88 Å². The average molecular weight is 424 g/mol. The summed E-state index contributed by atoms with van der Waals surface area (Å²) in [6, 6.07) is 23.8. The number of rotatable bonds is 5. The van der Waals surface area contributed by atoms with Gasteiger partial charge < -0.3 is 10.8 Å². The number of nitrogens with zero attached hydrogens (tertiary/aromatic N) is 1. The van der Waals surface area contributed by atoms with Crippen LogP contribution in [-0.4, -0.2) is 14.9 Å². The van der Waals surface area contributed by atoms with Crippen molar-refractivity contribution in [1.82, 2.24) is 9.78 Å². The average Bonchev–Trinajstić information content (AvgIpc) is 3.00. The van der Waals surface area contributed by atoms with Crippen LogP contribution in [0.25, 0.3) is 0 Å². The minimum absolute atomic E-state index is 0.148. The lowest BCUT2D eigenvalue weighted by atomic mass is 9.98. The molecule has 1 heterocycles. The van der Waals surface area contributed by atoms with E-state index in [0.29, 0.717) is 15.6 Å². The summed E-state index contributed by atoms with van der Waals surface area (Å²) in [5.41, 5.74) is 7.87. The summed E-state index contributed by atoms with van der Waals surface area (Å²) in [6.07, 6.45) is 0. The minimum Gasteiger partial charge on any atom is -0.493 e. The molecule has 4 N–H and O–H groups in total. The predicted octanol–water partition coefficient (Wildman–Crippen LogP) is 4.91. The van der Waals surface area contributed by atoms with E-state index in [1.165, 1.54) is 4.68 Å². The van der Waals surface area contributed by atoms with E-state index in [0.717, 1.165) is 22.9 Å². The maximum Gasteiger partial charge on any atom is 0.282 e. The molecule has 29 heavy (non-hydrogen) atoms. The number of aromatic nitrogens is 2. The molecule has 146 valence electrons. The molecule has 7 heteroatoms. The summed E-state index contributed by atoms with van der Waals surface area (Å²) >= 11 is 7.35. The van der Waals surface area contributed by atoms with Gasteiger partial charge in [-0.1, -0.05) is 78.0 Å². The molecule has 0 saturated heterocycles. The number of halogens is 1. The second-order valence-corrected chi connectivity index (χ2v) is 7.94. The third-order valence-corrected chi connectivity index (χ3v) is 6.12. The third kappa shape index (κ3) is 3.90. The van der Waals surface area contributed by atoms with E-state index in [1.807, 2.05) is 54.6 Å². The van der Waals surface area contributed by atoms with Crippen LogP contribution in [0, 0.1) is 0 Å². The Morgan fingerprint density at radius 1 is 0.931 bits per heavy atom. The lowest BCUT2D eigenvalue weighted by Crippen LogP contribution is -2.16. The highest BCUT2D eigenvalue weighted by molar-refractivity contribution is 7.99. The van der Waals surface area contributed by atoms with Crippen LogP contribution < -0.4 is 11.3 Å². The van der Waals surface area contributed by atoms with Crippen molar-refractivity contribution in [2.45, 2.75) is 15.8 Å². The SMILES string of the molecule is Nc1ccc(C(c2ccccc2)n2[nH]c(=O)c(Sc3ccccc3Cl)c2O)cc1. The zero-order valence-corrected chi connectivity index (χ0v) is 16.8. The molecule has 0 amide bonds. The lowest BCUT2D eigenvalue weighted by Gasteiger charge is -2.20. The molecule has 0 aliphatic heterocycles. The normalized spacial score (nSPS) is 12.0. The van der Waals surface area contributed by atoms with Gasteiger partial charge in [0.1, 0.15) is 10.9 Å². The van der Waals surface area contributed by atoms with Crippen molar-refractivity contribution in [3.63, 3.8) is 0 Å². The number of H-pyrrole nitrogens is 1. The van der Waals surface area contributed by atoms with Crippen molar-refractivity contribution < 1.29 is 5.11 Å². The van der Waals surface area contributed by atoms with Gasteiger partial charge in [0.15, 0.2) is 0 Å². The Kier molecular flexibility index (Phi) is 5.38. The minimum atomic E-state index is -0.426. The van der Waals surface area contributed by atoms with Crippen LogP contribution in [0.2, 0.25) is 5.02 Å². The van der Waals surface area contributed by atoms with E-state index in [9.17, 15) is 9.90 Å². The number of anilines is 1. The van der Waals surface area contributed by atoms with Crippen LogP contribution in [-0.2, 0) is 0 Å². The highest BCUT2D eigenvalue weighted by Gasteiger charge is 2.24. The Hall–Kier alpha value is -3.09.